The van der Waals surface area contributed by atoms with Crippen LogP contribution in [0.15, 0.2) is 42.5 Å². The van der Waals surface area contributed by atoms with Crippen molar-refractivity contribution in [1.82, 2.24) is 0 Å². The molecule has 1 N–H and O–H groups in total. The van der Waals surface area contributed by atoms with Crippen molar-refractivity contribution >= 4 is 29.2 Å². The largest absolute Gasteiger partial charge is 0.446 e. The molecule has 2 fully saturated rings. The van der Waals surface area contributed by atoms with E-state index in [9.17, 15) is 9.59 Å². The van der Waals surface area contributed by atoms with E-state index in [1.54, 1.807) is 4.90 Å². The number of aryl methyl sites for hydroxylation is 2. The molecule has 1 aliphatic heterocycles. The number of ether oxygens (including phenoxy) is 2. The lowest BCUT2D eigenvalue weighted by Crippen LogP contribution is -2.30. The van der Waals surface area contributed by atoms with Crippen LogP contribution >= 0.6 is 0 Å². The molecule has 2 saturated carbocycles. The third-order valence-electron chi connectivity index (χ3n) is 7.05. The number of fused-ring (bicyclic) bond motifs is 2. The topological polar surface area (TPSA) is 67.9 Å². The van der Waals surface area contributed by atoms with Crippen LogP contribution < -0.4 is 10.2 Å². The number of nitrogens with zero attached hydrogens (tertiary/aromatic N) is 1. The molecule has 0 saturated heterocycles. The molecule has 3 aliphatic rings. The summed E-state index contributed by atoms with van der Waals surface area (Å²) in [4.78, 5) is 27.6. The fourth-order valence-electron chi connectivity index (χ4n) is 5.28. The number of carbonyl (C=O) groups is 2. The fraction of sp³-hybridized carbons (Fsp3) is 0.481. The van der Waals surface area contributed by atoms with E-state index >= 15 is 0 Å². The second kappa shape index (κ2) is 9.86. The van der Waals surface area contributed by atoms with Gasteiger partial charge in [0.05, 0.1) is 11.4 Å². The summed E-state index contributed by atoms with van der Waals surface area (Å²) < 4.78 is 11.5. The van der Waals surface area contributed by atoms with Crippen LogP contribution in [0.2, 0.25) is 0 Å². The van der Waals surface area contributed by atoms with Gasteiger partial charge in [-0.25, -0.2) is 14.5 Å². The Labute approximate surface area is 195 Å². The van der Waals surface area contributed by atoms with Crippen LogP contribution in [-0.4, -0.2) is 24.4 Å². The second-order valence-corrected chi connectivity index (χ2v) is 9.39. The standard InChI is InChI=1S/C27H32N2O4/c30-26(32-22-9-2-1-3-10-22)28-21-17-16-20-15-14-19-8-4-7-13-24(19)29(25(20)18-21)27(31)33-23-11-5-6-12-23/h4,7-8,13,16-18,22-23H,1-3,5-6,9-12,14-15H2,(H,28,30). The summed E-state index contributed by atoms with van der Waals surface area (Å²) in [6.07, 6.45) is 10.1. The van der Waals surface area contributed by atoms with Gasteiger partial charge in [-0.1, -0.05) is 30.7 Å². The summed E-state index contributed by atoms with van der Waals surface area (Å²) in [6, 6.07) is 13.7. The third-order valence-corrected chi connectivity index (χ3v) is 7.05. The van der Waals surface area contributed by atoms with Crippen molar-refractivity contribution in [1.29, 1.82) is 0 Å². The van der Waals surface area contributed by atoms with Gasteiger partial charge in [-0.2, -0.15) is 0 Å². The zero-order valence-corrected chi connectivity index (χ0v) is 19.1. The van der Waals surface area contributed by atoms with Crippen LogP contribution in [0.25, 0.3) is 0 Å². The first-order valence-electron chi connectivity index (χ1n) is 12.4. The average Bonchev–Trinajstić information content (AvgIpc) is 3.27. The molecule has 2 aromatic carbocycles. The van der Waals surface area contributed by atoms with Gasteiger partial charge in [0.1, 0.15) is 12.2 Å². The van der Waals surface area contributed by atoms with Crippen molar-refractivity contribution in [3.63, 3.8) is 0 Å². The quantitative estimate of drug-likeness (QED) is 0.555. The minimum atomic E-state index is -0.434. The van der Waals surface area contributed by atoms with E-state index in [-0.39, 0.29) is 18.3 Å². The molecule has 5 rings (SSSR count). The molecule has 0 radical (unpaired) electrons. The molecule has 33 heavy (non-hydrogen) atoms. The molecule has 2 aromatic rings. The minimum absolute atomic E-state index is 0.00987. The number of carbonyl (C=O) groups excluding carboxylic acids is 2. The van der Waals surface area contributed by atoms with E-state index in [0.717, 1.165) is 86.7 Å². The predicted molar refractivity (Wildman–Crippen MR) is 128 cm³/mol. The molecule has 2 amide bonds. The zero-order chi connectivity index (χ0) is 22.6. The van der Waals surface area contributed by atoms with Gasteiger partial charge in [-0.05, 0) is 93.5 Å². The molecule has 0 bridgehead atoms. The molecule has 0 atom stereocenters. The molecule has 0 unspecified atom stereocenters. The highest BCUT2D eigenvalue weighted by molar-refractivity contribution is 5.99. The van der Waals surface area contributed by atoms with Gasteiger partial charge < -0.3 is 9.47 Å². The van der Waals surface area contributed by atoms with Gasteiger partial charge in [0, 0.05) is 5.69 Å². The van der Waals surface area contributed by atoms with E-state index in [0.29, 0.717) is 5.69 Å². The van der Waals surface area contributed by atoms with Crippen LogP contribution in [-0.2, 0) is 22.3 Å². The number of anilines is 3. The molecule has 2 aliphatic carbocycles. The Morgan fingerprint density at radius 3 is 2.15 bits per heavy atom. The van der Waals surface area contributed by atoms with E-state index in [1.165, 1.54) is 6.42 Å². The zero-order valence-electron chi connectivity index (χ0n) is 19.1. The first-order valence-corrected chi connectivity index (χ1v) is 12.4. The summed E-state index contributed by atoms with van der Waals surface area (Å²) in [6.45, 7) is 0. The minimum Gasteiger partial charge on any atom is -0.446 e. The van der Waals surface area contributed by atoms with Crippen LogP contribution in [0, 0.1) is 0 Å². The maximum Gasteiger partial charge on any atom is 0.419 e. The summed E-state index contributed by atoms with van der Waals surface area (Å²) >= 11 is 0. The lowest BCUT2D eigenvalue weighted by atomic mass is 9.98. The van der Waals surface area contributed by atoms with Crippen molar-refractivity contribution in [2.24, 2.45) is 0 Å². The number of nitrogens with one attached hydrogen (secondary N) is 1. The highest BCUT2D eigenvalue weighted by atomic mass is 16.6. The number of amides is 2. The molecule has 0 aromatic heterocycles. The number of benzene rings is 2. The van der Waals surface area contributed by atoms with E-state index in [4.69, 9.17) is 9.47 Å². The second-order valence-electron chi connectivity index (χ2n) is 9.39. The average molecular weight is 449 g/mol. The molecule has 0 spiro atoms. The van der Waals surface area contributed by atoms with E-state index in [1.807, 2.05) is 36.4 Å². The first kappa shape index (κ1) is 21.8. The summed E-state index contributed by atoms with van der Waals surface area (Å²) in [7, 11) is 0. The molecule has 1 heterocycles. The van der Waals surface area contributed by atoms with Crippen LogP contribution in [0.5, 0.6) is 0 Å². The normalized spacial score (nSPS) is 18.7. The third kappa shape index (κ3) is 5.00. The Bertz CT molecular complexity index is 1010. The SMILES string of the molecule is O=C(Nc1ccc2c(c1)N(C(=O)OC1CCCC1)c1ccccc1CC2)OC1CCCCC1. The van der Waals surface area contributed by atoms with Gasteiger partial charge in [0.25, 0.3) is 0 Å². The highest BCUT2D eigenvalue weighted by Gasteiger charge is 2.30. The van der Waals surface area contributed by atoms with Crippen molar-refractivity contribution < 1.29 is 19.1 Å². The smallest absolute Gasteiger partial charge is 0.419 e. The number of hydrogen-bond acceptors (Lipinski definition) is 4. The summed E-state index contributed by atoms with van der Waals surface area (Å²) in [5, 5.41) is 2.88. The van der Waals surface area contributed by atoms with Crippen molar-refractivity contribution in [3.05, 3.63) is 53.6 Å². The van der Waals surface area contributed by atoms with E-state index in [2.05, 4.69) is 11.4 Å². The van der Waals surface area contributed by atoms with Crippen molar-refractivity contribution in [2.75, 3.05) is 10.2 Å². The molecule has 6 heteroatoms. The molecule has 174 valence electrons. The van der Waals surface area contributed by atoms with Crippen LogP contribution in [0.3, 0.4) is 0 Å². The predicted octanol–water partition coefficient (Wildman–Crippen LogP) is 6.88. The Balaban J connectivity index is 1.41. The van der Waals surface area contributed by atoms with Crippen LogP contribution in [0.4, 0.5) is 26.7 Å². The maximum atomic E-state index is 13.4. The lowest BCUT2D eigenvalue weighted by molar-refractivity contribution is 0.0865. The first-order chi connectivity index (χ1) is 16.2. The van der Waals surface area contributed by atoms with Crippen molar-refractivity contribution in [2.45, 2.75) is 82.8 Å². The van der Waals surface area contributed by atoms with Gasteiger partial charge in [0.15, 0.2) is 0 Å². The van der Waals surface area contributed by atoms with Crippen molar-refractivity contribution in [3.8, 4) is 0 Å². The van der Waals surface area contributed by atoms with Gasteiger partial charge in [-0.15, -0.1) is 0 Å². The maximum absolute atomic E-state index is 13.4. The molecule has 6 nitrogen and oxygen atoms in total. The molecular weight excluding hydrogens is 416 g/mol. The van der Waals surface area contributed by atoms with Gasteiger partial charge >= 0.3 is 12.2 Å². The number of hydrogen-bond donors (Lipinski definition) is 1. The highest BCUT2D eigenvalue weighted by Crippen LogP contribution is 2.39. The Hall–Kier alpha value is -3.02. The Morgan fingerprint density at radius 2 is 1.39 bits per heavy atom. The molecular formula is C27H32N2O4. The summed E-state index contributed by atoms with van der Waals surface area (Å²) in [5.41, 5.74) is 4.40. The monoisotopic (exact) mass is 448 g/mol. The Morgan fingerprint density at radius 1 is 0.758 bits per heavy atom. The van der Waals surface area contributed by atoms with E-state index < -0.39 is 6.09 Å². The Kier molecular flexibility index (Phi) is 6.51. The lowest BCUT2D eigenvalue weighted by Gasteiger charge is -2.26. The fourth-order valence-corrected chi connectivity index (χ4v) is 5.28. The number of para-hydroxylation sites is 1. The van der Waals surface area contributed by atoms with Gasteiger partial charge in [0.2, 0.25) is 0 Å². The van der Waals surface area contributed by atoms with Crippen LogP contribution in [0.1, 0.15) is 68.9 Å². The summed E-state index contributed by atoms with van der Waals surface area (Å²) in [5.74, 6) is 0. The number of rotatable bonds is 3. The van der Waals surface area contributed by atoms with Gasteiger partial charge in [-0.3, -0.25) is 5.32 Å².